The van der Waals surface area contributed by atoms with Crippen LogP contribution in [-0.2, 0) is 11.8 Å². The normalized spacial score (nSPS) is 16.6. The van der Waals surface area contributed by atoms with Crippen molar-refractivity contribution >= 4 is 0 Å². The van der Waals surface area contributed by atoms with Gasteiger partial charge in [0.15, 0.2) is 5.82 Å². The lowest BCUT2D eigenvalue weighted by atomic mass is 9.64. The molecule has 0 radical (unpaired) electrons. The molecule has 0 unspecified atom stereocenters. The van der Waals surface area contributed by atoms with Gasteiger partial charge >= 0.3 is 0 Å². The number of rotatable bonds is 7. The molecule has 1 aliphatic carbocycles. The van der Waals surface area contributed by atoms with Crippen molar-refractivity contribution in [2.75, 3.05) is 6.54 Å². The zero-order valence-electron chi connectivity index (χ0n) is 12.4. The van der Waals surface area contributed by atoms with E-state index in [2.05, 4.69) is 40.5 Å². The summed E-state index contributed by atoms with van der Waals surface area (Å²) in [5, 5.41) is 4.27. The van der Waals surface area contributed by atoms with Gasteiger partial charge in [0.2, 0.25) is 5.89 Å². The summed E-state index contributed by atoms with van der Waals surface area (Å²) >= 11 is 0. The third-order valence-electron chi connectivity index (χ3n) is 4.52. The van der Waals surface area contributed by atoms with Crippen molar-refractivity contribution in [2.24, 2.45) is 5.73 Å². The zero-order valence-corrected chi connectivity index (χ0v) is 12.4. The topological polar surface area (TPSA) is 64.9 Å². The highest BCUT2D eigenvalue weighted by atomic mass is 16.5. The molecule has 2 N–H and O–H groups in total. The van der Waals surface area contributed by atoms with Crippen molar-refractivity contribution in [1.29, 1.82) is 0 Å². The van der Waals surface area contributed by atoms with E-state index in [9.17, 15) is 0 Å². The van der Waals surface area contributed by atoms with E-state index in [1.165, 1.54) is 12.0 Å². The standard InChI is InChI=1S/C17H23N3O/c18-13-6-2-5-10-15-19-16(20-21-15)17(11-7-12-17)14-8-3-1-4-9-14/h1,3-4,8-9H,2,5-7,10-13,18H2. The lowest BCUT2D eigenvalue weighted by molar-refractivity contribution is 0.270. The Morgan fingerprint density at radius 2 is 1.90 bits per heavy atom. The average Bonchev–Trinajstić information content (AvgIpc) is 2.93. The largest absolute Gasteiger partial charge is 0.339 e. The minimum absolute atomic E-state index is 0.0136. The fraction of sp³-hybridized carbons (Fsp3) is 0.529. The number of nitrogens with zero attached hydrogens (tertiary/aromatic N) is 2. The summed E-state index contributed by atoms with van der Waals surface area (Å²) in [6.45, 7) is 0.756. The summed E-state index contributed by atoms with van der Waals surface area (Å²) in [4.78, 5) is 4.67. The van der Waals surface area contributed by atoms with Crippen molar-refractivity contribution in [3.05, 3.63) is 47.6 Å². The molecule has 1 saturated carbocycles. The zero-order chi connectivity index (χ0) is 14.5. The molecule has 0 saturated heterocycles. The first-order valence-electron chi connectivity index (χ1n) is 7.94. The van der Waals surface area contributed by atoms with Crippen LogP contribution in [0.25, 0.3) is 0 Å². The van der Waals surface area contributed by atoms with E-state index < -0.39 is 0 Å². The Kier molecular flexibility index (Phi) is 4.34. The molecule has 1 aromatic carbocycles. The van der Waals surface area contributed by atoms with Crippen LogP contribution in [0.3, 0.4) is 0 Å². The maximum Gasteiger partial charge on any atom is 0.226 e. The van der Waals surface area contributed by atoms with Gasteiger partial charge < -0.3 is 10.3 Å². The fourth-order valence-corrected chi connectivity index (χ4v) is 3.08. The molecule has 0 aliphatic heterocycles. The number of aromatic nitrogens is 2. The van der Waals surface area contributed by atoms with E-state index >= 15 is 0 Å². The Hall–Kier alpha value is -1.68. The van der Waals surface area contributed by atoms with E-state index in [0.29, 0.717) is 0 Å². The summed E-state index contributed by atoms with van der Waals surface area (Å²) in [6.07, 6.45) is 7.57. The molecule has 21 heavy (non-hydrogen) atoms. The summed E-state index contributed by atoms with van der Waals surface area (Å²) in [5.41, 5.74) is 6.81. The second kappa shape index (κ2) is 6.39. The second-order valence-electron chi connectivity index (χ2n) is 5.91. The van der Waals surface area contributed by atoms with E-state index in [1.54, 1.807) is 0 Å². The first-order valence-corrected chi connectivity index (χ1v) is 7.94. The maximum absolute atomic E-state index is 5.51. The molecule has 1 aliphatic rings. The lowest BCUT2D eigenvalue weighted by Crippen LogP contribution is -2.36. The van der Waals surface area contributed by atoms with E-state index in [-0.39, 0.29) is 5.41 Å². The van der Waals surface area contributed by atoms with Crippen LogP contribution in [-0.4, -0.2) is 16.7 Å². The Bertz CT molecular complexity index is 560. The summed E-state index contributed by atoms with van der Waals surface area (Å²) in [6, 6.07) is 10.6. The Morgan fingerprint density at radius 1 is 1.10 bits per heavy atom. The van der Waals surface area contributed by atoms with Crippen LogP contribution in [0, 0.1) is 0 Å². The number of hydrogen-bond donors (Lipinski definition) is 1. The Morgan fingerprint density at radius 3 is 2.57 bits per heavy atom. The SMILES string of the molecule is NCCCCCc1nc(C2(c3ccccc3)CCC2)no1. The van der Waals surface area contributed by atoms with Gasteiger partial charge in [-0.2, -0.15) is 4.98 Å². The molecule has 4 heteroatoms. The number of aryl methyl sites for hydroxylation is 1. The molecule has 112 valence electrons. The lowest BCUT2D eigenvalue weighted by Gasteiger charge is -2.39. The molecule has 0 atom stereocenters. The molecule has 0 amide bonds. The van der Waals surface area contributed by atoms with Crippen LogP contribution in [0.5, 0.6) is 0 Å². The monoisotopic (exact) mass is 285 g/mol. The van der Waals surface area contributed by atoms with Gasteiger partial charge in [-0.05, 0) is 37.8 Å². The third kappa shape index (κ3) is 2.86. The average molecular weight is 285 g/mol. The quantitative estimate of drug-likeness (QED) is 0.793. The maximum atomic E-state index is 5.51. The second-order valence-corrected chi connectivity index (χ2v) is 5.91. The van der Waals surface area contributed by atoms with Crippen LogP contribution in [0.15, 0.2) is 34.9 Å². The molecule has 0 bridgehead atoms. The Balaban J connectivity index is 1.72. The van der Waals surface area contributed by atoms with Crippen LogP contribution in [0.1, 0.15) is 55.8 Å². The third-order valence-corrected chi connectivity index (χ3v) is 4.52. The molecule has 4 nitrogen and oxygen atoms in total. The number of benzene rings is 1. The molecule has 2 aromatic rings. The van der Waals surface area contributed by atoms with Crippen molar-refractivity contribution < 1.29 is 4.52 Å². The molecule has 1 aromatic heterocycles. The number of unbranched alkanes of at least 4 members (excludes halogenated alkanes) is 2. The summed E-state index contributed by atoms with van der Waals surface area (Å²) in [7, 11) is 0. The van der Waals surface area contributed by atoms with Crippen LogP contribution < -0.4 is 5.73 Å². The van der Waals surface area contributed by atoms with Gasteiger partial charge in [0, 0.05) is 6.42 Å². The van der Waals surface area contributed by atoms with Gasteiger partial charge in [-0.1, -0.05) is 48.3 Å². The molecular formula is C17H23N3O. The van der Waals surface area contributed by atoms with Crippen molar-refractivity contribution in [3.8, 4) is 0 Å². The van der Waals surface area contributed by atoms with Crippen molar-refractivity contribution in [3.63, 3.8) is 0 Å². The van der Waals surface area contributed by atoms with Crippen LogP contribution in [0.4, 0.5) is 0 Å². The first-order chi connectivity index (χ1) is 10.3. The van der Waals surface area contributed by atoms with Crippen LogP contribution >= 0.6 is 0 Å². The first kappa shape index (κ1) is 14.3. The Labute approximate surface area is 125 Å². The van der Waals surface area contributed by atoms with Gasteiger partial charge in [-0.15, -0.1) is 0 Å². The van der Waals surface area contributed by atoms with E-state index in [0.717, 1.165) is 56.8 Å². The predicted octanol–water partition coefficient (Wildman–Crippen LogP) is 3.21. The van der Waals surface area contributed by atoms with Crippen molar-refractivity contribution in [2.45, 2.75) is 50.4 Å². The number of hydrogen-bond acceptors (Lipinski definition) is 4. The van der Waals surface area contributed by atoms with E-state index in [4.69, 9.17) is 10.3 Å². The minimum atomic E-state index is -0.0136. The highest BCUT2D eigenvalue weighted by Gasteiger charge is 2.44. The summed E-state index contributed by atoms with van der Waals surface area (Å²) < 4.78 is 5.46. The molecule has 3 rings (SSSR count). The molecule has 1 heterocycles. The number of nitrogens with two attached hydrogens (primary N) is 1. The van der Waals surface area contributed by atoms with Gasteiger partial charge in [0.25, 0.3) is 0 Å². The molecule has 1 fully saturated rings. The van der Waals surface area contributed by atoms with Gasteiger partial charge in [-0.3, -0.25) is 0 Å². The van der Waals surface area contributed by atoms with Gasteiger partial charge in [-0.25, -0.2) is 0 Å². The smallest absolute Gasteiger partial charge is 0.226 e. The minimum Gasteiger partial charge on any atom is -0.339 e. The fourth-order valence-electron chi connectivity index (χ4n) is 3.08. The van der Waals surface area contributed by atoms with Gasteiger partial charge in [0.05, 0.1) is 5.41 Å². The highest BCUT2D eigenvalue weighted by Crippen LogP contribution is 2.47. The van der Waals surface area contributed by atoms with Crippen LogP contribution in [0.2, 0.25) is 0 Å². The summed E-state index contributed by atoms with van der Waals surface area (Å²) in [5.74, 6) is 1.64. The molecule has 0 spiro atoms. The van der Waals surface area contributed by atoms with Gasteiger partial charge in [0.1, 0.15) is 0 Å². The highest BCUT2D eigenvalue weighted by molar-refractivity contribution is 5.35. The molecular weight excluding hydrogens is 262 g/mol. The van der Waals surface area contributed by atoms with Crippen molar-refractivity contribution in [1.82, 2.24) is 10.1 Å². The predicted molar refractivity (Wildman–Crippen MR) is 82.0 cm³/mol. The van der Waals surface area contributed by atoms with E-state index in [1.807, 2.05) is 0 Å².